The molecule has 2 rings (SSSR count). The van der Waals surface area contributed by atoms with E-state index in [0.717, 1.165) is 44.0 Å². The Morgan fingerprint density at radius 2 is 1.88 bits per heavy atom. The molecule has 1 aliphatic carbocycles. The number of halogens is 4. The molecule has 7 heteroatoms. The molecule has 0 saturated heterocycles. The summed E-state index contributed by atoms with van der Waals surface area (Å²) in [6, 6.07) is 5.64. The number of aliphatic imine (C=N–C) groups is 1. The van der Waals surface area contributed by atoms with E-state index in [9.17, 15) is 13.2 Å². The summed E-state index contributed by atoms with van der Waals surface area (Å²) in [5.41, 5.74) is 5.81. The normalized spacial score (nSPS) is 17.0. The largest absolute Gasteiger partial charge is 0.416 e. The van der Waals surface area contributed by atoms with Crippen LogP contribution in [0.4, 0.5) is 13.2 Å². The summed E-state index contributed by atoms with van der Waals surface area (Å²) >= 11 is 0. The molecule has 1 aromatic rings. The summed E-state index contributed by atoms with van der Waals surface area (Å²) in [7, 11) is 0. The van der Waals surface area contributed by atoms with E-state index in [1.54, 1.807) is 6.07 Å². The molecule has 2 N–H and O–H groups in total. The molecule has 1 aromatic carbocycles. The van der Waals surface area contributed by atoms with Gasteiger partial charge in [-0.1, -0.05) is 24.6 Å². The van der Waals surface area contributed by atoms with E-state index in [0.29, 0.717) is 12.5 Å². The van der Waals surface area contributed by atoms with Gasteiger partial charge < -0.3 is 10.6 Å². The molecule has 0 atom stereocenters. The van der Waals surface area contributed by atoms with Crippen LogP contribution in [0.25, 0.3) is 0 Å². The fraction of sp³-hybridized carbons (Fsp3) is 0.588. The zero-order chi connectivity index (χ0) is 17.1. The lowest BCUT2D eigenvalue weighted by Gasteiger charge is -2.41. The van der Waals surface area contributed by atoms with Crippen LogP contribution in [0.3, 0.4) is 0 Å². The minimum absolute atomic E-state index is 0. The SMILES string of the molecule is CCN(CC)C(N)=NCC1(c2cccc(C(F)(F)F)c2)CCC1.I. The predicted octanol–water partition coefficient (Wildman–Crippen LogP) is 4.40. The molecule has 0 bridgehead atoms. The molecule has 1 aliphatic rings. The van der Waals surface area contributed by atoms with E-state index < -0.39 is 11.7 Å². The van der Waals surface area contributed by atoms with E-state index in [1.807, 2.05) is 18.7 Å². The highest BCUT2D eigenvalue weighted by Crippen LogP contribution is 2.45. The van der Waals surface area contributed by atoms with Crippen LogP contribution in [0, 0.1) is 0 Å². The molecule has 0 aliphatic heterocycles. The molecule has 1 fully saturated rings. The van der Waals surface area contributed by atoms with Gasteiger partial charge in [0.2, 0.25) is 0 Å². The number of rotatable bonds is 5. The Bertz CT molecular complexity index is 564. The van der Waals surface area contributed by atoms with E-state index in [4.69, 9.17) is 5.73 Å². The third-order valence-corrected chi connectivity index (χ3v) is 4.74. The van der Waals surface area contributed by atoms with Gasteiger partial charge in [-0.3, -0.25) is 4.99 Å². The predicted molar refractivity (Wildman–Crippen MR) is 102 cm³/mol. The van der Waals surface area contributed by atoms with Crippen molar-refractivity contribution < 1.29 is 13.2 Å². The van der Waals surface area contributed by atoms with E-state index >= 15 is 0 Å². The topological polar surface area (TPSA) is 41.6 Å². The van der Waals surface area contributed by atoms with Crippen molar-refractivity contribution in [3.63, 3.8) is 0 Å². The van der Waals surface area contributed by atoms with E-state index in [1.165, 1.54) is 12.1 Å². The van der Waals surface area contributed by atoms with Gasteiger partial charge in [0.25, 0.3) is 0 Å². The third kappa shape index (κ3) is 4.55. The number of guanidine groups is 1. The van der Waals surface area contributed by atoms with Crippen LogP contribution >= 0.6 is 24.0 Å². The number of hydrogen-bond donors (Lipinski definition) is 1. The van der Waals surface area contributed by atoms with Gasteiger partial charge in [0, 0.05) is 18.5 Å². The van der Waals surface area contributed by atoms with Gasteiger partial charge in [-0.15, -0.1) is 24.0 Å². The Morgan fingerprint density at radius 3 is 2.33 bits per heavy atom. The Kier molecular flexibility index (Phi) is 7.37. The zero-order valence-corrected chi connectivity index (χ0v) is 16.4. The molecule has 3 nitrogen and oxygen atoms in total. The summed E-state index contributed by atoms with van der Waals surface area (Å²) in [5.74, 6) is 0.466. The fourth-order valence-electron chi connectivity index (χ4n) is 3.05. The van der Waals surface area contributed by atoms with Crippen molar-refractivity contribution in [1.29, 1.82) is 0 Å². The van der Waals surface area contributed by atoms with Crippen molar-refractivity contribution in [1.82, 2.24) is 4.90 Å². The number of nitrogens with two attached hydrogens (primary N) is 1. The van der Waals surface area contributed by atoms with E-state index in [-0.39, 0.29) is 29.4 Å². The first kappa shape index (κ1) is 21.1. The molecule has 0 unspecified atom stereocenters. The summed E-state index contributed by atoms with van der Waals surface area (Å²) < 4.78 is 38.8. The van der Waals surface area contributed by atoms with Crippen LogP contribution in [-0.2, 0) is 11.6 Å². The lowest BCUT2D eigenvalue weighted by atomic mass is 9.64. The number of hydrogen-bond acceptors (Lipinski definition) is 1. The van der Waals surface area contributed by atoms with Crippen LogP contribution in [-0.4, -0.2) is 30.5 Å². The standard InChI is InChI=1S/C17H24F3N3.HI/c1-3-23(4-2)15(21)22-12-16(9-6-10-16)13-7-5-8-14(11-13)17(18,19)20;/h5,7-8,11H,3-4,6,9-10,12H2,1-2H3,(H2,21,22);1H. The molecule has 0 spiro atoms. The van der Waals surface area contributed by atoms with Crippen molar-refractivity contribution in [2.75, 3.05) is 19.6 Å². The lowest BCUT2D eigenvalue weighted by Crippen LogP contribution is -2.41. The molecule has 1 saturated carbocycles. The molecular weight excluding hydrogens is 430 g/mol. The first-order chi connectivity index (χ1) is 10.8. The maximum absolute atomic E-state index is 12.9. The smallest absolute Gasteiger partial charge is 0.370 e. The first-order valence-corrected chi connectivity index (χ1v) is 8.05. The molecule has 0 aromatic heterocycles. The van der Waals surface area contributed by atoms with Gasteiger partial charge in [0.1, 0.15) is 0 Å². The summed E-state index contributed by atoms with van der Waals surface area (Å²) in [6.07, 6.45) is -1.60. The average molecular weight is 455 g/mol. The second-order valence-electron chi connectivity index (χ2n) is 6.06. The first-order valence-electron chi connectivity index (χ1n) is 8.05. The highest BCUT2D eigenvalue weighted by atomic mass is 127. The molecular formula is C17H25F3IN3. The quantitative estimate of drug-likeness (QED) is 0.406. The van der Waals surface area contributed by atoms with Gasteiger partial charge in [-0.2, -0.15) is 13.2 Å². The van der Waals surface area contributed by atoms with Crippen LogP contribution in [0.1, 0.15) is 44.2 Å². The molecule has 0 heterocycles. The average Bonchev–Trinajstić information content (AvgIpc) is 2.47. The van der Waals surface area contributed by atoms with Crippen molar-refractivity contribution in [2.24, 2.45) is 10.7 Å². The van der Waals surface area contributed by atoms with Crippen LogP contribution in [0.5, 0.6) is 0 Å². The van der Waals surface area contributed by atoms with Gasteiger partial charge in [-0.25, -0.2) is 0 Å². The summed E-state index contributed by atoms with van der Waals surface area (Å²) in [4.78, 5) is 6.41. The lowest BCUT2D eigenvalue weighted by molar-refractivity contribution is -0.137. The van der Waals surface area contributed by atoms with Crippen molar-refractivity contribution in [3.8, 4) is 0 Å². The summed E-state index contributed by atoms with van der Waals surface area (Å²) in [5, 5.41) is 0. The van der Waals surface area contributed by atoms with Crippen LogP contribution in [0.15, 0.2) is 29.3 Å². The van der Waals surface area contributed by atoms with Gasteiger partial charge in [0.05, 0.1) is 12.1 Å². The van der Waals surface area contributed by atoms with Gasteiger partial charge in [0.15, 0.2) is 5.96 Å². The highest BCUT2D eigenvalue weighted by Gasteiger charge is 2.40. The second kappa shape index (κ2) is 8.40. The third-order valence-electron chi connectivity index (χ3n) is 4.74. The Labute approximate surface area is 158 Å². The van der Waals surface area contributed by atoms with Crippen LogP contribution < -0.4 is 5.73 Å². The van der Waals surface area contributed by atoms with Crippen LogP contribution in [0.2, 0.25) is 0 Å². The monoisotopic (exact) mass is 455 g/mol. The minimum atomic E-state index is -4.32. The zero-order valence-electron chi connectivity index (χ0n) is 14.1. The molecule has 0 radical (unpaired) electrons. The number of nitrogens with zero attached hydrogens (tertiary/aromatic N) is 2. The van der Waals surface area contributed by atoms with E-state index in [2.05, 4.69) is 4.99 Å². The van der Waals surface area contributed by atoms with Crippen molar-refractivity contribution in [2.45, 2.75) is 44.7 Å². The minimum Gasteiger partial charge on any atom is -0.370 e. The highest BCUT2D eigenvalue weighted by molar-refractivity contribution is 14.0. The van der Waals surface area contributed by atoms with Gasteiger partial charge in [-0.05, 0) is 38.3 Å². The number of alkyl halides is 3. The maximum atomic E-state index is 12.9. The Balaban J connectivity index is 0.00000288. The molecule has 24 heavy (non-hydrogen) atoms. The Hall–Kier alpha value is -0.990. The van der Waals surface area contributed by atoms with Gasteiger partial charge >= 0.3 is 6.18 Å². The fourth-order valence-corrected chi connectivity index (χ4v) is 3.05. The molecule has 136 valence electrons. The summed E-state index contributed by atoms with van der Waals surface area (Å²) in [6.45, 7) is 5.97. The maximum Gasteiger partial charge on any atom is 0.416 e. The van der Waals surface area contributed by atoms with Crippen molar-refractivity contribution in [3.05, 3.63) is 35.4 Å². The van der Waals surface area contributed by atoms with Crippen molar-refractivity contribution >= 4 is 29.9 Å². The second-order valence-corrected chi connectivity index (χ2v) is 6.06. The number of benzene rings is 1. The molecule has 0 amide bonds. The Morgan fingerprint density at radius 1 is 1.25 bits per heavy atom.